The summed E-state index contributed by atoms with van der Waals surface area (Å²) in [6.07, 6.45) is 2.36. The zero-order valence-electron chi connectivity index (χ0n) is 14.0. The molecule has 0 atom stereocenters. The topological polar surface area (TPSA) is 62.7 Å². The standard InChI is InChI=1S/C14H29N3O2S.HI/c1-7-15-13(17-10-14(4,5)20-6)16-9-8-12(18)19-11(2)3;/h11H,7-10H2,1-6H3,(H2,15,16,17);1H. The molecule has 0 saturated carbocycles. The molecule has 126 valence electrons. The lowest BCUT2D eigenvalue weighted by molar-refractivity contribution is -0.147. The van der Waals surface area contributed by atoms with Gasteiger partial charge in [-0.2, -0.15) is 11.8 Å². The lowest BCUT2D eigenvalue weighted by Gasteiger charge is -2.20. The zero-order valence-corrected chi connectivity index (χ0v) is 17.1. The Hall–Kier alpha value is -0.180. The highest BCUT2D eigenvalue weighted by Crippen LogP contribution is 2.20. The van der Waals surface area contributed by atoms with Crippen molar-refractivity contribution in [2.45, 2.75) is 51.9 Å². The van der Waals surface area contributed by atoms with Gasteiger partial charge in [0.25, 0.3) is 0 Å². The fourth-order valence-corrected chi connectivity index (χ4v) is 1.47. The maximum Gasteiger partial charge on any atom is 0.307 e. The number of nitrogens with zero attached hydrogens (tertiary/aromatic N) is 1. The Morgan fingerprint density at radius 2 is 1.95 bits per heavy atom. The summed E-state index contributed by atoms with van der Waals surface area (Å²) in [7, 11) is 0. The number of carbonyl (C=O) groups is 1. The van der Waals surface area contributed by atoms with E-state index < -0.39 is 0 Å². The number of ether oxygens (including phenoxy) is 1. The van der Waals surface area contributed by atoms with Gasteiger partial charge in [0.05, 0.1) is 19.1 Å². The first-order valence-electron chi connectivity index (χ1n) is 7.07. The maximum atomic E-state index is 11.4. The SMILES string of the molecule is CCNC(=NCC(C)(C)SC)NCCC(=O)OC(C)C.I. The van der Waals surface area contributed by atoms with Crippen LogP contribution in [-0.2, 0) is 9.53 Å². The van der Waals surface area contributed by atoms with E-state index in [2.05, 4.69) is 35.7 Å². The minimum Gasteiger partial charge on any atom is -0.463 e. The number of halogens is 1. The molecule has 2 N–H and O–H groups in total. The van der Waals surface area contributed by atoms with Gasteiger partial charge in [0.15, 0.2) is 5.96 Å². The van der Waals surface area contributed by atoms with Crippen LogP contribution in [0.1, 0.15) is 41.0 Å². The van der Waals surface area contributed by atoms with Crippen molar-refractivity contribution in [1.82, 2.24) is 10.6 Å². The van der Waals surface area contributed by atoms with Crippen molar-refractivity contribution in [3.05, 3.63) is 0 Å². The maximum absolute atomic E-state index is 11.4. The molecule has 0 rings (SSSR count). The van der Waals surface area contributed by atoms with Crippen LogP contribution < -0.4 is 10.6 Å². The van der Waals surface area contributed by atoms with Crippen molar-refractivity contribution >= 4 is 47.7 Å². The van der Waals surface area contributed by atoms with E-state index in [1.54, 1.807) is 11.8 Å². The van der Waals surface area contributed by atoms with Crippen molar-refractivity contribution in [2.24, 2.45) is 4.99 Å². The van der Waals surface area contributed by atoms with Crippen LogP contribution in [0, 0.1) is 0 Å². The van der Waals surface area contributed by atoms with Gasteiger partial charge in [-0.1, -0.05) is 0 Å². The van der Waals surface area contributed by atoms with E-state index in [1.165, 1.54) is 0 Å². The molecule has 5 nitrogen and oxygen atoms in total. The van der Waals surface area contributed by atoms with Crippen LogP contribution in [0.25, 0.3) is 0 Å². The summed E-state index contributed by atoms with van der Waals surface area (Å²) in [5.74, 6) is 0.555. The quantitative estimate of drug-likeness (QED) is 0.268. The van der Waals surface area contributed by atoms with E-state index >= 15 is 0 Å². The Morgan fingerprint density at radius 1 is 1.33 bits per heavy atom. The molecule has 21 heavy (non-hydrogen) atoms. The largest absolute Gasteiger partial charge is 0.463 e. The smallest absolute Gasteiger partial charge is 0.307 e. The first kappa shape index (κ1) is 23.1. The number of carbonyl (C=O) groups excluding carboxylic acids is 1. The third-order valence-corrected chi connectivity index (χ3v) is 3.74. The number of thioether (sulfide) groups is 1. The van der Waals surface area contributed by atoms with Crippen LogP contribution >= 0.6 is 35.7 Å². The summed E-state index contributed by atoms with van der Waals surface area (Å²) in [6, 6.07) is 0. The first-order chi connectivity index (χ1) is 9.30. The van der Waals surface area contributed by atoms with Gasteiger partial charge in [-0.3, -0.25) is 9.79 Å². The van der Waals surface area contributed by atoms with Crippen LogP contribution in [0.2, 0.25) is 0 Å². The second-order valence-electron chi connectivity index (χ2n) is 5.37. The molecule has 0 unspecified atom stereocenters. The second-order valence-corrected chi connectivity index (χ2v) is 6.89. The summed E-state index contributed by atoms with van der Waals surface area (Å²) in [5, 5.41) is 6.32. The van der Waals surface area contributed by atoms with Gasteiger partial charge in [-0.15, -0.1) is 24.0 Å². The van der Waals surface area contributed by atoms with E-state index in [1.807, 2.05) is 20.8 Å². The highest BCUT2D eigenvalue weighted by atomic mass is 127. The third kappa shape index (κ3) is 13.2. The van der Waals surface area contributed by atoms with Crippen LogP contribution in [0.3, 0.4) is 0 Å². The predicted octanol–water partition coefficient (Wildman–Crippen LogP) is 2.64. The second kappa shape index (κ2) is 12.4. The Morgan fingerprint density at radius 3 is 2.43 bits per heavy atom. The number of rotatable bonds is 8. The van der Waals surface area contributed by atoms with E-state index in [-0.39, 0.29) is 40.8 Å². The van der Waals surface area contributed by atoms with Crippen LogP contribution in [-0.4, -0.2) is 48.7 Å². The van der Waals surface area contributed by atoms with E-state index in [4.69, 9.17) is 4.74 Å². The molecular formula is C14H30IN3O2S. The molecule has 0 aromatic heterocycles. The molecule has 0 aliphatic carbocycles. The monoisotopic (exact) mass is 431 g/mol. The Labute approximate surface area is 150 Å². The summed E-state index contributed by atoms with van der Waals surface area (Å²) >= 11 is 1.79. The number of hydrogen-bond acceptors (Lipinski definition) is 4. The predicted molar refractivity (Wildman–Crippen MR) is 103 cm³/mol. The summed E-state index contributed by atoms with van der Waals surface area (Å²) in [5.41, 5.74) is 0. The van der Waals surface area contributed by atoms with Gasteiger partial charge in [-0.05, 0) is 40.9 Å². The van der Waals surface area contributed by atoms with E-state index in [9.17, 15) is 4.79 Å². The molecule has 0 bridgehead atoms. The van der Waals surface area contributed by atoms with Crippen LogP contribution in [0.15, 0.2) is 4.99 Å². The van der Waals surface area contributed by atoms with Crippen molar-refractivity contribution < 1.29 is 9.53 Å². The number of nitrogens with one attached hydrogen (secondary N) is 2. The van der Waals surface area contributed by atoms with Gasteiger partial charge >= 0.3 is 5.97 Å². The lowest BCUT2D eigenvalue weighted by atomic mass is 10.2. The van der Waals surface area contributed by atoms with Crippen molar-refractivity contribution in [1.29, 1.82) is 0 Å². The molecule has 0 saturated heterocycles. The Bertz CT molecular complexity index is 323. The van der Waals surface area contributed by atoms with Gasteiger partial charge in [0.2, 0.25) is 0 Å². The fourth-order valence-electron chi connectivity index (χ4n) is 1.28. The Kier molecular flexibility index (Phi) is 13.6. The van der Waals surface area contributed by atoms with Gasteiger partial charge in [0.1, 0.15) is 0 Å². The third-order valence-electron chi connectivity index (χ3n) is 2.50. The fraction of sp³-hybridized carbons (Fsp3) is 0.857. The van der Waals surface area contributed by atoms with E-state index in [0.29, 0.717) is 13.0 Å². The molecule has 0 aliphatic rings. The summed E-state index contributed by atoms with van der Waals surface area (Å²) in [6.45, 7) is 12.1. The van der Waals surface area contributed by atoms with Gasteiger partial charge in [0, 0.05) is 17.8 Å². The summed E-state index contributed by atoms with van der Waals surface area (Å²) in [4.78, 5) is 16.0. The molecule has 0 heterocycles. The highest BCUT2D eigenvalue weighted by Gasteiger charge is 2.15. The molecule has 0 aromatic rings. The van der Waals surface area contributed by atoms with Crippen LogP contribution in [0.4, 0.5) is 0 Å². The molecule has 0 spiro atoms. The number of esters is 1. The molecule has 0 fully saturated rings. The molecular weight excluding hydrogens is 401 g/mol. The van der Waals surface area contributed by atoms with Crippen LogP contribution in [0.5, 0.6) is 0 Å². The molecule has 0 aliphatic heterocycles. The number of aliphatic imine (C=N–C) groups is 1. The Balaban J connectivity index is 0. The number of hydrogen-bond donors (Lipinski definition) is 2. The first-order valence-corrected chi connectivity index (χ1v) is 8.30. The molecule has 0 radical (unpaired) electrons. The minimum absolute atomic E-state index is 0. The van der Waals surface area contributed by atoms with Gasteiger partial charge < -0.3 is 15.4 Å². The van der Waals surface area contributed by atoms with E-state index in [0.717, 1.165) is 19.0 Å². The average molecular weight is 431 g/mol. The normalized spacial score (nSPS) is 11.9. The van der Waals surface area contributed by atoms with Crippen molar-refractivity contribution in [3.8, 4) is 0 Å². The molecule has 7 heteroatoms. The summed E-state index contributed by atoms with van der Waals surface area (Å²) < 4.78 is 5.19. The molecule has 0 aromatic carbocycles. The van der Waals surface area contributed by atoms with Gasteiger partial charge in [-0.25, -0.2) is 0 Å². The van der Waals surface area contributed by atoms with Crippen molar-refractivity contribution in [3.63, 3.8) is 0 Å². The highest BCUT2D eigenvalue weighted by molar-refractivity contribution is 14.0. The van der Waals surface area contributed by atoms with Crippen molar-refractivity contribution in [2.75, 3.05) is 25.9 Å². The average Bonchev–Trinajstić information content (AvgIpc) is 2.35. The zero-order chi connectivity index (χ0) is 15.6. The molecule has 0 amide bonds. The minimum atomic E-state index is -0.187. The lowest BCUT2D eigenvalue weighted by Crippen LogP contribution is -2.39. The number of guanidine groups is 1.